The summed E-state index contributed by atoms with van der Waals surface area (Å²) in [7, 11) is -6.13. The number of fused-ring (bicyclic) bond motifs is 1. The summed E-state index contributed by atoms with van der Waals surface area (Å²) in [5, 5.41) is 3.31. The van der Waals surface area contributed by atoms with Crippen LogP contribution < -0.4 is 5.32 Å². The van der Waals surface area contributed by atoms with Gasteiger partial charge in [-0.05, 0) is 31.9 Å². The van der Waals surface area contributed by atoms with E-state index in [-0.39, 0.29) is 21.0 Å². The van der Waals surface area contributed by atoms with Crippen molar-refractivity contribution in [3.8, 4) is 0 Å². The monoisotopic (exact) mass is 661 g/mol. The predicted molar refractivity (Wildman–Crippen MR) is 180 cm³/mol. The second-order valence-electron chi connectivity index (χ2n) is 11.8. The second-order valence-corrected chi connectivity index (χ2v) is 16.9. The Kier molecular flexibility index (Phi) is 19.4. The largest absolute Gasteiger partial charge is 0.385 e. The highest BCUT2D eigenvalue weighted by molar-refractivity contribution is 7.94. The van der Waals surface area contributed by atoms with Crippen LogP contribution in [0.1, 0.15) is 147 Å². The van der Waals surface area contributed by atoms with Gasteiger partial charge in [0, 0.05) is 44.6 Å². The van der Waals surface area contributed by atoms with Gasteiger partial charge in [0.1, 0.15) is 8.42 Å². The maximum atomic E-state index is 13.3. The Morgan fingerprint density at radius 3 is 1.95 bits per heavy atom. The van der Waals surface area contributed by atoms with Crippen molar-refractivity contribution in [3.63, 3.8) is 0 Å². The molecule has 0 radical (unpaired) electrons. The van der Waals surface area contributed by atoms with Gasteiger partial charge < -0.3 is 10.1 Å². The summed E-state index contributed by atoms with van der Waals surface area (Å²) in [6, 6.07) is 1.24. The van der Waals surface area contributed by atoms with E-state index in [1.165, 1.54) is 113 Å². The molecule has 1 aliphatic heterocycles. The van der Waals surface area contributed by atoms with Gasteiger partial charge in [-0.1, -0.05) is 117 Å². The van der Waals surface area contributed by atoms with E-state index in [1.54, 1.807) is 7.11 Å². The number of rotatable bonds is 26. The fourth-order valence-electron chi connectivity index (χ4n) is 5.64. The molecule has 1 atom stereocenters. The molecule has 1 N–H and O–H groups in total. The Labute approximate surface area is 267 Å². The Morgan fingerprint density at radius 1 is 0.907 bits per heavy atom. The maximum absolute atomic E-state index is 13.3. The number of thiophene rings is 1. The zero-order valence-corrected chi connectivity index (χ0v) is 29.6. The van der Waals surface area contributed by atoms with Crippen molar-refractivity contribution in [2.45, 2.75) is 150 Å². The summed E-state index contributed by atoms with van der Waals surface area (Å²) < 4.78 is 62.9. The van der Waals surface area contributed by atoms with E-state index in [4.69, 9.17) is 4.74 Å². The fraction of sp³-hybridized carbons (Fsp3) is 0.844. The zero-order valence-electron chi connectivity index (χ0n) is 27.2. The number of methoxy groups -OCH3 is 1. The number of ether oxygens (including phenoxy) is 1. The highest BCUT2D eigenvalue weighted by atomic mass is 32.3. The van der Waals surface area contributed by atoms with Crippen LogP contribution >= 0.6 is 11.3 Å². The van der Waals surface area contributed by atoms with Crippen molar-refractivity contribution in [3.05, 3.63) is 11.6 Å². The van der Waals surface area contributed by atoms with Gasteiger partial charge in [-0.15, -0.1) is 11.3 Å². The first-order chi connectivity index (χ1) is 20.8. The Balaban J connectivity index is 1.66. The standard InChI is InChI=1S/C32H59N3O5S3/c1-4-6-7-8-9-10-11-12-13-14-15-16-17-18-19-20-21-22-24-34-42(36,37)31-27-29-30(33-5-2)28-35(25-23-26-40-3)43(38,39)32(29)41-31/h24,27,30,33H,4-23,25-26,28H2,1-3H3/t30-/m0/s1. The smallest absolute Gasteiger partial charge is 0.291 e. The summed E-state index contributed by atoms with van der Waals surface area (Å²) in [5.74, 6) is 0. The van der Waals surface area contributed by atoms with Crippen LogP contribution in [0.15, 0.2) is 18.9 Å². The number of nitrogens with zero attached hydrogens (tertiary/aromatic N) is 2. The van der Waals surface area contributed by atoms with Gasteiger partial charge in [0.05, 0.1) is 0 Å². The average molecular weight is 662 g/mol. The molecule has 1 aromatic rings. The van der Waals surface area contributed by atoms with E-state index >= 15 is 0 Å². The quantitative estimate of drug-likeness (QED) is 0.0792. The lowest BCUT2D eigenvalue weighted by atomic mass is 10.0. The van der Waals surface area contributed by atoms with Gasteiger partial charge in [0.25, 0.3) is 20.0 Å². The third-order valence-corrected chi connectivity index (χ3v) is 13.4. The highest BCUT2D eigenvalue weighted by Gasteiger charge is 2.39. The van der Waals surface area contributed by atoms with Gasteiger partial charge >= 0.3 is 0 Å². The zero-order chi connectivity index (χ0) is 31.4. The summed E-state index contributed by atoms with van der Waals surface area (Å²) >= 11 is 0.810. The molecule has 8 nitrogen and oxygen atoms in total. The lowest BCUT2D eigenvalue weighted by Gasteiger charge is -2.32. The normalized spacial score (nSPS) is 17.1. The van der Waals surface area contributed by atoms with E-state index < -0.39 is 20.0 Å². The van der Waals surface area contributed by atoms with Crippen molar-refractivity contribution in [2.75, 3.05) is 33.4 Å². The number of likely N-dealkylation sites (N-methyl/N-ethyl adjacent to an activating group) is 1. The van der Waals surface area contributed by atoms with Crippen molar-refractivity contribution < 1.29 is 21.6 Å². The van der Waals surface area contributed by atoms with E-state index in [2.05, 4.69) is 16.6 Å². The second kappa shape index (κ2) is 21.8. The van der Waals surface area contributed by atoms with Crippen LogP contribution in [0.3, 0.4) is 0 Å². The minimum Gasteiger partial charge on any atom is -0.385 e. The first-order valence-electron chi connectivity index (χ1n) is 16.9. The topological polar surface area (TPSA) is 105 Å². The number of sulfonamides is 2. The average Bonchev–Trinajstić information content (AvgIpc) is 3.45. The van der Waals surface area contributed by atoms with Crippen molar-refractivity contribution in [2.24, 2.45) is 4.40 Å². The molecule has 43 heavy (non-hydrogen) atoms. The van der Waals surface area contributed by atoms with E-state index in [1.807, 2.05) is 6.92 Å². The molecule has 250 valence electrons. The van der Waals surface area contributed by atoms with Crippen LogP contribution in [-0.2, 0) is 24.8 Å². The molecule has 0 aromatic carbocycles. The third kappa shape index (κ3) is 14.0. The SMILES string of the molecule is CCCCCCCCCCCCCCCCCCCC=NS(=O)(=O)c1cc2c(s1)S(=O)(=O)N(CCCOC)C[C@@H]2NCC. The first-order valence-corrected chi connectivity index (χ1v) is 20.6. The van der Waals surface area contributed by atoms with Gasteiger partial charge in [-0.25, -0.2) is 8.42 Å². The number of hydrogen-bond acceptors (Lipinski definition) is 7. The number of unbranched alkanes of at least 4 members (excludes halogenated alkanes) is 17. The Hall–Kier alpha value is -0.850. The van der Waals surface area contributed by atoms with Crippen molar-refractivity contribution in [1.29, 1.82) is 0 Å². The van der Waals surface area contributed by atoms with Crippen LogP contribution in [0, 0.1) is 0 Å². The summed E-state index contributed by atoms with van der Waals surface area (Å²) in [6.45, 7) is 5.92. The molecule has 1 aliphatic rings. The predicted octanol–water partition coefficient (Wildman–Crippen LogP) is 8.24. The minimum absolute atomic E-state index is 0.0126. The first kappa shape index (κ1) is 38.3. The highest BCUT2D eigenvalue weighted by Crippen LogP contribution is 2.40. The molecular formula is C32H59N3O5S3. The minimum atomic E-state index is -3.95. The van der Waals surface area contributed by atoms with Crippen LogP contribution in [0.4, 0.5) is 0 Å². The third-order valence-electron chi connectivity index (χ3n) is 8.15. The van der Waals surface area contributed by atoms with E-state index in [0.717, 1.165) is 24.2 Å². The van der Waals surface area contributed by atoms with Crippen LogP contribution in [0.25, 0.3) is 0 Å². The molecule has 0 fully saturated rings. The maximum Gasteiger partial charge on any atom is 0.291 e. The molecule has 2 heterocycles. The lowest BCUT2D eigenvalue weighted by molar-refractivity contribution is 0.185. The molecule has 0 aliphatic carbocycles. The molecule has 0 saturated heterocycles. The van der Waals surface area contributed by atoms with Crippen LogP contribution in [-0.4, -0.2) is 60.7 Å². The molecular weight excluding hydrogens is 603 g/mol. The summed E-state index contributed by atoms with van der Waals surface area (Å²) in [4.78, 5) is 0. The summed E-state index contributed by atoms with van der Waals surface area (Å²) in [6.07, 6.45) is 24.9. The molecule has 0 unspecified atom stereocenters. The Bertz CT molecular complexity index is 1120. The summed E-state index contributed by atoms with van der Waals surface area (Å²) in [5.41, 5.74) is 0.525. The van der Waals surface area contributed by atoms with Gasteiger partial charge in [-0.2, -0.15) is 17.1 Å². The lowest BCUT2D eigenvalue weighted by Crippen LogP contribution is -2.43. The molecule has 2 rings (SSSR count). The van der Waals surface area contributed by atoms with Gasteiger partial charge in [0.2, 0.25) is 0 Å². The molecule has 11 heteroatoms. The van der Waals surface area contributed by atoms with Crippen molar-refractivity contribution >= 4 is 37.6 Å². The Morgan fingerprint density at radius 2 is 1.44 bits per heavy atom. The molecule has 1 aromatic heterocycles. The van der Waals surface area contributed by atoms with Crippen LogP contribution in [0.2, 0.25) is 0 Å². The van der Waals surface area contributed by atoms with E-state index in [0.29, 0.717) is 38.1 Å². The molecule has 0 bridgehead atoms. The van der Waals surface area contributed by atoms with Gasteiger partial charge in [-0.3, -0.25) is 0 Å². The number of nitrogens with one attached hydrogen (secondary N) is 1. The fourth-order valence-corrected chi connectivity index (χ4v) is 10.4. The molecule has 0 amide bonds. The molecule has 0 saturated carbocycles. The number of hydrogen-bond donors (Lipinski definition) is 1. The van der Waals surface area contributed by atoms with Crippen LogP contribution in [0.5, 0.6) is 0 Å². The van der Waals surface area contributed by atoms with E-state index in [9.17, 15) is 16.8 Å². The molecule has 0 spiro atoms. The van der Waals surface area contributed by atoms with Gasteiger partial charge in [0.15, 0.2) is 0 Å². The van der Waals surface area contributed by atoms with Crippen molar-refractivity contribution in [1.82, 2.24) is 9.62 Å².